The van der Waals surface area contributed by atoms with Crippen molar-refractivity contribution in [1.82, 2.24) is 4.98 Å². The van der Waals surface area contributed by atoms with Crippen LogP contribution in [0.15, 0.2) is 30.5 Å². The van der Waals surface area contributed by atoms with E-state index in [4.69, 9.17) is 5.11 Å². The van der Waals surface area contributed by atoms with Crippen LogP contribution >= 0.6 is 0 Å². The van der Waals surface area contributed by atoms with Crippen LogP contribution in [0.5, 0.6) is 0 Å². The fourth-order valence-corrected chi connectivity index (χ4v) is 1.88. The second kappa shape index (κ2) is 3.84. The summed E-state index contributed by atoms with van der Waals surface area (Å²) in [5, 5.41) is 9.81. The zero-order valence-corrected chi connectivity index (χ0v) is 10.2. The Morgan fingerprint density at radius 1 is 1.29 bits per heavy atom. The predicted molar refractivity (Wildman–Crippen MR) is 67.4 cm³/mol. The second-order valence-corrected chi connectivity index (χ2v) is 5.16. The van der Waals surface area contributed by atoms with Crippen LogP contribution in [0.25, 0.3) is 10.9 Å². The number of nitrogens with zero attached hydrogens (tertiary/aromatic N) is 1. The van der Waals surface area contributed by atoms with Crippen molar-refractivity contribution in [3.8, 4) is 0 Å². The number of benzene rings is 1. The first kappa shape index (κ1) is 11.6. The molecule has 0 atom stereocenters. The molecule has 1 N–H and O–H groups in total. The summed E-state index contributed by atoms with van der Waals surface area (Å²) in [7, 11) is 0. The third-order valence-corrected chi connectivity index (χ3v) is 2.77. The van der Waals surface area contributed by atoms with Crippen molar-refractivity contribution in [1.29, 1.82) is 0 Å². The quantitative estimate of drug-likeness (QED) is 0.816. The number of hydrogen-bond acceptors (Lipinski definition) is 2. The molecule has 0 aliphatic carbocycles. The molecular weight excluding hydrogens is 214 g/mol. The van der Waals surface area contributed by atoms with E-state index >= 15 is 0 Å². The minimum Gasteiger partial charge on any atom is -0.478 e. The van der Waals surface area contributed by atoms with Gasteiger partial charge in [0.15, 0.2) is 0 Å². The molecule has 0 saturated carbocycles. The number of hydrogen-bond donors (Lipinski definition) is 1. The standard InChI is InChI=1S/C14H15NO2/c1-14(2,3)11-6-4-5-9-7-10(13(16)17)8-15-12(9)11/h4-8H,1-3H3,(H,16,17). The molecule has 0 unspecified atom stereocenters. The van der Waals surface area contributed by atoms with Crippen molar-refractivity contribution in [2.45, 2.75) is 26.2 Å². The molecule has 1 heterocycles. The summed E-state index contributed by atoms with van der Waals surface area (Å²) in [5.74, 6) is -0.944. The number of aromatic nitrogens is 1. The summed E-state index contributed by atoms with van der Waals surface area (Å²) in [6, 6.07) is 7.54. The minimum atomic E-state index is -0.944. The zero-order valence-electron chi connectivity index (χ0n) is 10.2. The Morgan fingerprint density at radius 3 is 2.59 bits per heavy atom. The Balaban J connectivity index is 2.72. The van der Waals surface area contributed by atoms with E-state index < -0.39 is 5.97 Å². The van der Waals surface area contributed by atoms with Crippen molar-refractivity contribution in [2.24, 2.45) is 0 Å². The topological polar surface area (TPSA) is 50.2 Å². The van der Waals surface area contributed by atoms with Crippen LogP contribution in [0.2, 0.25) is 0 Å². The third kappa shape index (κ3) is 2.13. The van der Waals surface area contributed by atoms with Gasteiger partial charge in [0.25, 0.3) is 0 Å². The van der Waals surface area contributed by atoms with Gasteiger partial charge >= 0.3 is 5.97 Å². The average Bonchev–Trinajstić information content (AvgIpc) is 2.26. The third-order valence-electron chi connectivity index (χ3n) is 2.77. The number of para-hydroxylation sites is 1. The number of carboxylic acids is 1. The molecule has 1 aromatic carbocycles. The first-order valence-electron chi connectivity index (χ1n) is 5.52. The summed E-state index contributed by atoms with van der Waals surface area (Å²) in [4.78, 5) is 15.2. The maximum absolute atomic E-state index is 10.9. The van der Waals surface area contributed by atoms with Gasteiger partial charge in [0.05, 0.1) is 11.1 Å². The van der Waals surface area contributed by atoms with Gasteiger partial charge in [-0.05, 0) is 17.0 Å². The van der Waals surface area contributed by atoms with Crippen LogP contribution < -0.4 is 0 Å². The number of fused-ring (bicyclic) bond motifs is 1. The largest absolute Gasteiger partial charge is 0.478 e. The van der Waals surface area contributed by atoms with Crippen molar-refractivity contribution < 1.29 is 9.90 Å². The molecule has 0 bridgehead atoms. The first-order chi connectivity index (χ1) is 7.89. The molecular formula is C14H15NO2. The van der Waals surface area contributed by atoms with Gasteiger partial charge in [0.1, 0.15) is 0 Å². The van der Waals surface area contributed by atoms with Gasteiger partial charge in [0, 0.05) is 11.6 Å². The lowest BCUT2D eigenvalue weighted by Gasteiger charge is -2.20. The molecule has 88 valence electrons. The average molecular weight is 229 g/mol. The SMILES string of the molecule is CC(C)(C)c1cccc2cc(C(=O)O)cnc12. The van der Waals surface area contributed by atoms with Gasteiger partial charge in [0.2, 0.25) is 0 Å². The van der Waals surface area contributed by atoms with E-state index in [2.05, 4.69) is 25.8 Å². The normalized spacial score (nSPS) is 11.7. The fourth-order valence-electron chi connectivity index (χ4n) is 1.88. The van der Waals surface area contributed by atoms with E-state index in [9.17, 15) is 4.79 Å². The van der Waals surface area contributed by atoms with E-state index in [0.29, 0.717) is 0 Å². The lowest BCUT2D eigenvalue weighted by atomic mass is 9.85. The van der Waals surface area contributed by atoms with Crippen molar-refractivity contribution in [3.63, 3.8) is 0 Å². The van der Waals surface area contributed by atoms with E-state index in [0.717, 1.165) is 16.5 Å². The Hall–Kier alpha value is -1.90. The smallest absolute Gasteiger partial charge is 0.337 e. The number of carbonyl (C=O) groups is 1. The molecule has 0 aliphatic rings. The molecule has 0 spiro atoms. The molecule has 3 nitrogen and oxygen atoms in total. The van der Waals surface area contributed by atoms with Crippen LogP contribution in [0.4, 0.5) is 0 Å². The van der Waals surface area contributed by atoms with Crippen molar-refractivity contribution >= 4 is 16.9 Å². The van der Waals surface area contributed by atoms with Crippen molar-refractivity contribution in [2.75, 3.05) is 0 Å². The molecule has 2 aromatic rings. The molecule has 0 aliphatic heterocycles. The molecule has 3 heteroatoms. The number of rotatable bonds is 1. The van der Waals surface area contributed by atoms with Gasteiger partial charge in [-0.2, -0.15) is 0 Å². The summed E-state index contributed by atoms with van der Waals surface area (Å²) < 4.78 is 0. The van der Waals surface area contributed by atoms with Crippen LogP contribution in [-0.2, 0) is 5.41 Å². The molecule has 0 fully saturated rings. The van der Waals surface area contributed by atoms with Crippen LogP contribution in [0.3, 0.4) is 0 Å². The highest BCUT2D eigenvalue weighted by molar-refractivity contribution is 5.93. The molecule has 17 heavy (non-hydrogen) atoms. The van der Waals surface area contributed by atoms with Crippen LogP contribution in [-0.4, -0.2) is 16.1 Å². The highest BCUT2D eigenvalue weighted by Crippen LogP contribution is 2.28. The van der Waals surface area contributed by atoms with E-state index in [1.165, 1.54) is 6.20 Å². The molecule has 0 amide bonds. The monoisotopic (exact) mass is 229 g/mol. The van der Waals surface area contributed by atoms with Gasteiger partial charge in [-0.25, -0.2) is 4.79 Å². The Kier molecular flexibility index (Phi) is 2.62. The Labute approximate surface area is 100 Å². The minimum absolute atomic E-state index is 0.00273. The lowest BCUT2D eigenvalue weighted by Crippen LogP contribution is -2.12. The molecule has 0 radical (unpaired) electrons. The number of aromatic carboxylic acids is 1. The van der Waals surface area contributed by atoms with Gasteiger partial charge in [-0.1, -0.05) is 39.0 Å². The fraction of sp³-hybridized carbons (Fsp3) is 0.286. The van der Waals surface area contributed by atoms with Crippen LogP contribution in [0, 0.1) is 0 Å². The predicted octanol–water partition coefficient (Wildman–Crippen LogP) is 3.23. The Morgan fingerprint density at radius 2 is 2.00 bits per heavy atom. The molecule has 2 rings (SSSR count). The second-order valence-electron chi connectivity index (χ2n) is 5.16. The zero-order chi connectivity index (χ0) is 12.6. The number of pyridine rings is 1. The summed E-state index contributed by atoms with van der Waals surface area (Å²) in [6.07, 6.45) is 1.42. The maximum atomic E-state index is 10.9. The van der Waals surface area contributed by atoms with Gasteiger partial charge in [-0.3, -0.25) is 4.98 Å². The Bertz CT molecular complexity index is 582. The molecule has 1 aromatic heterocycles. The van der Waals surface area contributed by atoms with E-state index in [1.54, 1.807) is 6.07 Å². The lowest BCUT2D eigenvalue weighted by molar-refractivity contribution is 0.0696. The highest BCUT2D eigenvalue weighted by Gasteiger charge is 2.17. The van der Waals surface area contributed by atoms with E-state index in [-0.39, 0.29) is 11.0 Å². The van der Waals surface area contributed by atoms with Gasteiger partial charge < -0.3 is 5.11 Å². The summed E-state index contributed by atoms with van der Waals surface area (Å²) in [6.45, 7) is 6.36. The van der Waals surface area contributed by atoms with Crippen molar-refractivity contribution in [3.05, 3.63) is 41.6 Å². The first-order valence-corrected chi connectivity index (χ1v) is 5.52. The number of carboxylic acid groups (broad SMARTS) is 1. The van der Waals surface area contributed by atoms with E-state index in [1.807, 2.05) is 18.2 Å². The summed E-state index contributed by atoms with van der Waals surface area (Å²) in [5.41, 5.74) is 2.23. The van der Waals surface area contributed by atoms with Gasteiger partial charge in [-0.15, -0.1) is 0 Å². The highest BCUT2D eigenvalue weighted by atomic mass is 16.4. The maximum Gasteiger partial charge on any atom is 0.337 e. The molecule has 0 saturated heterocycles. The summed E-state index contributed by atoms with van der Waals surface area (Å²) >= 11 is 0. The van der Waals surface area contributed by atoms with Crippen LogP contribution in [0.1, 0.15) is 36.7 Å².